The van der Waals surface area contributed by atoms with E-state index >= 15 is 0 Å². The Kier molecular flexibility index (Phi) is 1.37. The molecule has 14 heavy (non-hydrogen) atoms. The quantitative estimate of drug-likeness (QED) is 0.609. The molecule has 1 heterocycles. The Bertz CT molecular complexity index is 407. The van der Waals surface area contributed by atoms with Crippen molar-refractivity contribution < 1.29 is 4.79 Å². The van der Waals surface area contributed by atoms with Crippen molar-refractivity contribution in [2.75, 3.05) is 7.05 Å². The zero-order valence-corrected chi connectivity index (χ0v) is 8.29. The number of nitrogens with zero attached hydrogens (tertiary/aromatic N) is 1. The molecular formula is C12H13NO. The molecule has 1 saturated carbocycles. The summed E-state index contributed by atoms with van der Waals surface area (Å²) in [5.74, 6) is 0.195. The standard InChI is InChI=1S/C12H13NO/c1-13-11(14)9-5-2-3-6-10(9)12(13)7-4-8-12/h2-3,5-6H,4,7-8H2,1H3. The monoisotopic (exact) mass is 187 g/mol. The number of fused-ring (bicyclic) bond motifs is 2. The number of hydrogen-bond donors (Lipinski definition) is 0. The van der Waals surface area contributed by atoms with Crippen molar-refractivity contribution in [3.63, 3.8) is 0 Å². The molecule has 0 radical (unpaired) electrons. The zero-order valence-electron chi connectivity index (χ0n) is 8.29. The smallest absolute Gasteiger partial charge is 0.254 e. The molecule has 72 valence electrons. The Morgan fingerprint density at radius 1 is 1.29 bits per heavy atom. The molecule has 0 unspecified atom stereocenters. The number of hydrogen-bond acceptors (Lipinski definition) is 1. The summed E-state index contributed by atoms with van der Waals surface area (Å²) in [5.41, 5.74) is 2.22. The van der Waals surface area contributed by atoms with E-state index < -0.39 is 0 Å². The molecule has 1 aliphatic carbocycles. The van der Waals surface area contributed by atoms with E-state index in [9.17, 15) is 4.79 Å². The minimum Gasteiger partial charge on any atom is -0.332 e. The van der Waals surface area contributed by atoms with E-state index in [0.29, 0.717) is 0 Å². The Morgan fingerprint density at radius 2 is 2.00 bits per heavy atom. The van der Waals surface area contributed by atoms with Crippen LogP contribution in [0.5, 0.6) is 0 Å². The lowest BCUT2D eigenvalue weighted by molar-refractivity contribution is 0.0379. The van der Waals surface area contributed by atoms with Gasteiger partial charge in [0, 0.05) is 12.6 Å². The van der Waals surface area contributed by atoms with E-state index in [0.717, 1.165) is 18.4 Å². The lowest BCUT2D eigenvalue weighted by atomic mass is 9.72. The zero-order chi connectivity index (χ0) is 9.76. The van der Waals surface area contributed by atoms with Crippen LogP contribution in [-0.4, -0.2) is 17.9 Å². The van der Waals surface area contributed by atoms with Gasteiger partial charge < -0.3 is 4.90 Å². The molecule has 0 aromatic heterocycles. The fourth-order valence-electron chi connectivity index (χ4n) is 2.75. The highest BCUT2D eigenvalue weighted by Crippen LogP contribution is 2.51. The van der Waals surface area contributed by atoms with Gasteiger partial charge >= 0.3 is 0 Å². The predicted molar refractivity (Wildman–Crippen MR) is 54.1 cm³/mol. The van der Waals surface area contributed by atoms with E-state index in [4.69, 9.17) is 0 Å². The molecule has 1 fully saturated rings. The molecule has 1 spiro atoms. The first-order chi connectivity index (χ1) is 6.76. The summed E-state index contributed by atoms with van der Waals surface area (Å²) in [4.78, 5) is 13.9. The third-order valence-corrected chi connectivity index (χ3v) is 3.79. The summed E-state index contributed by atoms with van der Waals surface area (Å²) in [5, 5.41) is 0. The maximum atomic E-state index is 11.9. The molecule has 3 rings (SSSR count). The van der Waals surface area contributed by atoms with Gasteiger partial charge in [0.2, 0.25) is 0 Å². The van der Waals surface area contributed by atoms with Gasteiger partial charge in [-0.2, -0.15) is 0 Å². The van der Waals surface area contributed by atoms with Crippen LogP contribution in [-0.2, 0) is 5.54 Å². The highest BCUT2D eigenvalue weighted by atomic mass is 16.2. The number of carbonyl (C=O) groups is 1. The molecule has 2 heteroatoms. The summed E-state index contributed by atoms with van der Waals surface area (Å²) < 4.78 is 0. The average molecular weight is 187 g/mol. The Hall–Kier alpha value is -1.31. The fourth-order valence-corrected chi connectivity index (χ4v) is 2.75. The van der Waals surface area contributed by atoms with E-state index in [1.165, 1.54) is 12.0 Å². The molecule has 0 saturated heterocycles. The Morgan fingerprint density at radius 3 is 2.64 bits per heavy atom. The molecular weight excluding hydrogens is 174 g/mol. The summed E-state index contributed by atoms with van der Waals surface area (Å²) in [6.45, 7) is 0. The first-order valence-electron chi connectivity index (χ1n) is 5.13. The third kappa shape index (κ3) is 0.707. The van der Waals surface area contributed by atoms with Gasteiger partial charge in [0.1, 0.15) is 0 Å². The molecule has 1 aromatic rings. The third-order valence-electron chi connectivity index (χ3n) is 3.79. The van der Waals surface area contributed by atoms with Crippen molar-refractivity contribution in [3.8, 4) is 0 Å². The first-order valence-corrected chi connectivity index (χ1v) is 5.13. The molecule has 1 aromatic carbocycles. The summed E-state index contributed by atoms with van der Waals surface area (Å²) in [6, 6.07) is 8.03. The highest BCUT2D eigenvalue weighted by molar-refractivity contribution is 6.00. The van der Waals surface area contributed by atoms with Crippen LogP contribution in [0.4, 0.5) is 0 Å². The summed E-state index contributed by atoms with van der Waals surface area (Å²) >= 11 is 0. The van der Waals surface area contributed by atoms with Crippen LogP contribution in [0.2, 0.25) is 0 Å². The maximum Gasteiger partial charge on any atom is 0.254 e. The first kappa shape index (κ1) is 8.04. The largest absolute Gasteiger partial charge is 0.332 e. The second-order valence-electron chi connectivity index (χ2n) is 4.29. The predicted octanol–water partition coefficient (Wildman–Crippen LogP) is 2.15. The topological polar surface area (TPSA) is 20.3 Å². The molecule has 1 amide bonds. The van der Waals surface area contributed by atoms with E-state index in [1.807, 2.05) is 30.1 Å². The molecule has 1 aliphatic heterocycles. The highest BCUT2D eigenvalue weighted by Gasteiger charge is 2.51. The van der Waals surface area contributed by atoms with E-state index in [2.05, 4.69) is 6.07 Å². The number of amides is 1. The maximum absolute atomic E-state index is 11.9. The second-order valence-corrected chi connectivity index (χ2v) is 4.29. The average Bonchev–Trinajstić information content (AvgIpc) is 2.37. The van der Waals surface area contributed by atoms with Crippen LogP contribution in [0.3, 0.4) is 0 Å². The van der Waals surface area contributed by atoms with Gasteiger partial charge in [-0.3, -0.25) is 4.79 Å². The van der Waals surface area contributed by atoms with Crippen molar-refractivity contribution in [3.05, 3.63) is 35.4 Å². The van der Waals surface area contributed by atoms with E-state index in [1.54, 1.807) is 0 Å². The van der Waals surface area contributed by atoms with Gasteiger partial charge in [-0.1, -0.05) is 18.2 Å². The van der Waals surface area contributed by atoms with Crippen molar-refractivity contribution in [2.45, 2.75) is 24.8 Å². The van der Waals surface area contributed by atoms with Crippen LogP contribution in [0.15, 0.2) is 24.3 Å². The van der Waals surface area contributed by atoms with Gasteiger partial charge in [-0.25, -0.2) is 0 Å². The van der Waals surface area contributed by atoms with Crippen molar-refractivity contribution in [1.82, 2.24) is 4.90 Å². The van der Waals surface area contributed by atoms with Gasteiger partial charge in [-0.15, -0.1) is 0 Å². The minimum absolute atomic E-state index is 0.0632. The fraction of sp³-hybridized carbons (Fsp3) is 0.417. The summed E-state index contributed by atoms with van der Waals surface area (Å²) in [7, 11) is 1.93. The normalized spacial score (nSPS) is 22.4. The lowest BCUT2D eigenvalue weighted by Gasteiger charge is -2.44. The SMILES string of the molecule is CN1C(=O)c2ccccc2C12CCC2. The van der Waals surface area contributed by atoms with Gasteiger partial charge in [0.15, 0.2) is 0 Å². The van der Waals surface area contributed by atoms with Crippen LogP contribution < -0.4 is 0 Å². The molecule has 2 aliphatic rings. The van der Waals surface area contributed by atoms with Gasteiger partial charge in [-0.05, 0) is 30.9 Å². The Balaban J connectivity index is 2.23. The van der Waals surface area contributed by atoms with Crippen LogP contribution in [0.1, 0.15) is 35.2 Å². The van der Waals surface area contributed by atoms with Crippen molar-refractivity contribution in [1.29, 1.82) is 0 Å². The van der Waals surface area contributed by atoms with Gasteiger partial charge in [0.25, 0.3) is 5.91 Å². The number of carbonyl (C=O) groups excluding carboxylic acids is 1. The molecule has 0 bridgehead atoms. The van der Waals surface area contributed by atoms with E-state index in [-0.39, 0.29) is 11.4 Å². The van der Waals surface area contributed by atoms with Gasteiger partial charge in [0.05, 0.1) is 5.54 Å². The minimum atomic E-state index is 0.0632. The molecule has 0 atom stereocenters. The second kappa shape index (κ2) is 2.38. The number of rotatable bonds is 0. The van der Waals surface area contributed by atoms with Crippen LogP contribution in [0.25, 0.3) is 0 Å². The number of benzene rings is 1. The summed E-state index contributed by atoms with van der Waals surface area (Å²) in [6.07, 6.45) is 3.50. The lowest BCUT2D eigenvalue weighted by Crippen LogP contribution is -2.46. The molecule has 2 nitrogen and oxygen atoms in total. The van der Waals surface area contributed by atoms with Crippen LogP contribution in [0, 0.1) is 0 Å². The van der Waals surface area contributed by atoms with Crippen molar-refractivity contribution in [2.24, 2.45) is 0 Å². The van der Waals surface area contributed by atoms with Crippen molar-refractivity contribution >= 4 is 5.91 Å². The van der Waals surface area contributed by atoms with Crippen LogP contribution >= 0.6 is 0 Å². The molecule has 0 N–H and O–H groups in total. The Labute approximate surface area is 83.5 Å².